The van der Waals surface area contributed by atoms with Crippen LogP contribution in [0, 0.1) is 5.92 Å². The molecule has 1 saturated heterocycles. The lowest BCUT2D eigenvalue weighted by atomic mass is 10.1. The Balaban J connectivity index is 1.51. The number of halogens is 1. The minimum atomic E-state index is -0.435. The Morgan fingerprint density at radius 2 is 2.19 bits per heavy atom. The molecule has 3 aromatic rings. The molecule has 0 aliphatic carbocycles. The molecule has 1 aliphatic rings. The first-order chi connectivity index (χ1) is 14.9. The van der Waals surface area contributed by atoms with Crippen molar-refractivity contribution in [3.63, 3.8) is 0 Å². The van der Waals surface area contributed by atoms with E-state index >= 15 is 0 Å². The van der Waals surface area contributed by atoms with Crippen LogP contribution in [0.5, 0.6) is 0 Å². The van der Waals surface area contributed by atoms with Crippen molar-refractivity contribution in [3.05, 3.63) is 63.6 Å². The molecule has 1 N–H and O–H groups in total. The summed E-state index contributed by atoms with van der Waals surface area (Å²) in [6, 6.07) is 8.47. The first-order valence-electron chi connectivity index (χ1n) is 10.2. The van der Waals surface area contributed by atoms with Gasteiger partial charge in [-0.15, -0.1) is 0 Å². The Kier molecular flexibility index (Phi) is 6.08. The summed E-state index contributed by atoms with van der Waals surface area (Å²) in [6.07, 6.45) is 2.47. The maximum atomic E-state index is 13.2. The highest BCUT2D eigenvalue weighted by Gasteiger charge is 2.36. The van der Waals surface area contributed by atoms with Gasteiger partial charge in [-0.05, 0) is 36.8 Å². The van der Waals surface area contributed by atoms with E-state index in [0.717, 1.165) is 6.42 Å². The van der Waals surface area contributed by atoms with Crippen molar-refractivity contribution in [1.29, 1.82) is 0 Å². The van der Waals surface area contributed by atoms with Gasteiger partial charge in [0, 0.05) is 24.5 Å². The van der Waals surface area contributed by atoms with Gasteiger partial charge in [0.25, 0.3) is 5.56 Å². The van der Waals surface area contributed by atoms with E-state index < -0.39 is 5.92 Å². The Morgan fingerprint density at radius 1 is 1.35 bits per heavy atom. The number of aromatic nitrogens is 2. The van der Waals surface area contributed by atoms with Crippen LogP contribution in [-0.4, -0.2) is 44.7 Å². The zero-order valence-corrected chi connectivity index (χ0v) is 17.9. The fourth-order valence-electron chi connectivity index (χ4n) is 3.89. The highest BCUT2D eigenvalue weighted by molar-refractivity contribution is 6.31. The monoisotopic (exact) mass is 442 g/mol. The molecule has 1 aliphatic heterocycles. The third kappa shape index (κ3) is 4.64. The number of aromatic amines is 1. The van der Waals surface area contributed by atoms with E-state index in [9.17, 15) is 14.4 Å². The molecular weight excluding hydrogens is 420 g/mol. The van der Waals surface area contributed by atoms with Crippen molar-refractivity contribution in [2.24, 2.45) is 5.92 Å². The number of nitrogens with one attached hydrogen (secondary N) is 1. The third-order valence-electron chi connectivity index (χ3n) is 5.35. The number of H-pyrrole nitrogens is 1. The number of hydrogen-bond acceptors (Lipinski definition) is 5. The number of nitrogens with zero attached hydrogens (tertiary/aromatic N) is 3. The standard InChI is InChI=1S/C22H23ClN4O4/c1-2-7-26(13-19-24-18-10-15(23)5-6-17(18)21(29)25-19)22(30)14-9-20(28)27(11-14)12-16-4-3-8-31-16/h3-6,8,10,14H,2,7,9,11-13H2,1H3,(H,24,25,29). The minimum Gasteiger partial charge on any atom is -0.467 e. The first-order valence-corrected chi connectivity index (χ1v) is 10.6. The number of furan rings is 1. The van der Waals surface area contributed by atoms with E-state index in [0.29, 0.717) is 47.1 Å². The quantitative estimate of drug-likeness (QED) is 0.606. The average Bonchev–Trinajstić information content (AvgIpc) is 3.37. The van der Waals surface area contributed by atoms with Crippen LogP contribution >= 0.6 is 11.6 Å². The Morgan fingerprint density at radius 3 is 2.94 bits per heavy atom. The van der Waals surface area contributed by atoms with Crippen LogP contribution in [0.4, 0.5) is 0 Å². The van der Waals surface area contributed by atoms with Crippen molar-refractivity contribution in [2.75, 3.05) is 13.1 Å². The summed E-state index contributed by atoms with van der Waals surface area (Å²) in [7, 11) is 0. The molecule has 0 bridgehead atoms. The molecule has 162 valence electrons. The average molecular weight is 443 g/mol. The summed E-state index contributed by atoms with van der Waals surface area (Å²) in [6.45, 7) is 3.32. The number of rotatable bonds is 7. The van der Waals surface area contributed by atoms with E-state index in [1.54, 1.807) is 46.4 Å². The van der Waals surface area contributed by atoms with Crippen LogP contribution in [0.3, 0.4) is 0 Å². The second-order valence-corrected chi connectivity index (χ2v) is 8.12. The number of hydrogen-bond donors (Lipinski definition) is 1. The summed E-state index contributed by atoms with van der Waals surface area (Å²) >= 11 is 6.03. The largest absolute Gasteiger partial charge is 0.467 e. The molecule has 3 heterocycles. The van der Waals surface area contributed by atoms with Crippen LogP contribution in [-0.2, 0) is 22.7 Å². The summed E-state index contributed by atoms with van der Waals surface area (Å²) in [5.41, 5.74) is 0.206. The number of benzene rings is 1. The van der Waals surface area contributed by atoms with Crippen LogP contribution in [0.15, 0.2) is 45.8 Å². The van der Waals surface area contributed by atoms with E-state index in [2.05, 4.69) is 9.97 Å². The SMILES string of the molecule is CCCN(Cc1nc2cc(Cl)ccc2c(=O)[nH]1)C(=O)C1CC(=O)N(Cc2ccco2)C1. The summed E-state index contributed by atoms with van der Waals surface area (Å²) < 4.78 is 5.32. The van der Waals surface area contributed by atoms with E-state index in [4.69, 9.17) is 16.0 Å². The van der Waals surface area contributed by atoms with Gasteiger partial charge in [0.05, 0.1) is 36.2 Å². The Hall–Kier alpha value is -3.13. The van der Waals surface area contributed by atoms with E-state index in [1.807, 2.05) is 6.92 Å². The summed E-state index contributed by atoms with van der Waals surface area (Å²) in [4.78, 5) is 48.6. The van der Waals surface area contributed by atoms with Crippen molar-refractivity contribution < 1.29 is 14.0 Å². The minimum absolute atomic E-state index is 0.0712. The number of fused-ring (bicyclic) bond motifs is 1. The van der Waals surface area contributed by atoms with Crippen molar-refractivity contribution in [3.8, 4) is 0 Å². The predicted molar refractivity (Wildman–Crippen MR) is 115 cm³/mol. The Labute approximate surface area is 183 Å². The molecule has 1 aromatic carbocycles. The molecule has 1 atom stereocenters. The van der Waals surface area contributed by atoms with Gasteiger partial charge in [-0.2, -0.15) is 0 Å². The van der Waals surface area contributed by atoms with Gasteiger partial charge in [0.15, 0.2) is 0 Å². The topological polar surface area (TPSA) is 99.5 Å². The molecule has 0 spiro atoms. The van der Waals surface area contributed by atoms with Gasteiger partial charge in [0.1, 0.15) is 11.6 Å². The molecule has 2 amide bonds. The van der Waals surface area contributed by atoms with Gasteiger partial charge in [-0.3, -0.25) is 14.4 Å². The maximum absolute atomic E-state index is 13.2. The third-order valence-corrected chi connectivity index (χ3v) is 5.59. The molecule has 31 heavy (non-hydrogen) atoms. The number of carbonyl (C=O) groups is 2. The fraction of sp³-hybridized carbons (Fsp3) is 0.364. The zero-order chi connectivity index (χ0) is 22.0. The van der Waals surface area contributed by atoms with E-state index in [1.165, 1.54) is 0 Å². The lowest BCUT2D eigenvalue weighted by molar-refractivity contribution is -0.136. The van der Waals surface area contributed by atoms with Gasteiger partial charge < -0.3 is 19.2 Å². The maximum Gasteiger partial charge on any atom is 0.258 e. The van der Waals surface area contributed by atoms with Crippen molar-refractivity contribution in [2.45, 2.75) is 32.9 Å². The first kappa shape index (κ1) is 21.1. The van der Waals surface area contributed by atoms with Crippen LogP contribution in [0.2, 0.25) is 5.02 Å². The molecule has 8 nitrogen and oxygen atoms in total. The van der Waals surface area contributed by atoms with Gasteiger partial charge in [-0.1, -0.05) is 18.5 Å². The molecule has 4 rings (SSSR count). The lowest BCUT2D eigenvalue weighted by Crippen LogP contribution is -2.38. The van der Waals surface area contributed by atoms with Gasteiger partial charge >= 0.3 is 0 Å². The molecule has 1 fully saturated rings. The zero-order valence-electron chi connectivity index (χ0n) is 17.1. The second kappa shape index (κ2) is 8.93. The highest BCUT2D eigenvalue weighted by atomic mass is 35.5. The van der Waals surface area contributed by atoms with Gasteiger partial charge in [0.2, 0.25) is 11.8 Å². The van der Waals surface area contributed by atoms with Crippen LogP contribution in [0.1, 0.15) is 31.4 Å². The normalized spacial score (nSPS) is 16.3. The summed E-state index contributed by atoms with van der Waals surface area (Å²) in [5, 5.41) is 0.927. The molecule has 2 aromatic heterocycles. The number of amides is 2. The molecule has 0 radical (unpaired) electrons. The van der Waals surface area contributed by atoms with Crippen molar-refractivity contribution in [1.82, 2.24) is 19.8 Å². The lowest BCUT2D eigenvalue weighted by Gasteiger charge is -2.25. The van der Waals surface area contributed by atoms with Gasteiger partial charge in [-0.25, -0.2) is 4.98 Å². The number of likely N-dealkylation sites (tertiary alicyclic amines) is 1. The molecule has 1 unspecified atom stereocenters. The highest BCUT2D eigenvalue weighted by Crippen LogP contribution is 2.23. The smallest absolute Gasteiger partial charge is 0.258 e. The molecule has 9 heteroatoms. The predicted octanol–water partition coefficient (Wildman–Crippen LogP) is 2.96. The van der Waals surface area contributed by atoms with Crippen molar-refractivity contribution >= 4 is 34.3 Å². The fourth-order valence-corrected chi connectivity index (χ4v) is 4.06. The number of carbonyl (C=O) groups excluding carboxylic acids is 2. The Bertz CT molecular complexity index is 1160. The van der Waals surface area contributed by atoms with Crippen LogP contribution < -0.4 is 5.56 Å². The van der Waals surface area contributed by atoms with E-state index in [-0.39, 0.29) is 30.3 Å². The second-order valence-electron chi connectivity index (χ2n) is 7.69. The molecule has 0 saturated carbocycles. The summed E-state index contributed by atoms with van der Waals surface area (Å²) in [5.74, 6) is 0.446. The molecular formula is C22H23ClN4O4. The van der Waals surface area contributed by atoms with Crippen LogP contribution in [0.25, 0.3) is 10.9 Å².